The molecular formula is C13H17N3OS2. The van der Waals surface area contributed by atoms with Gasteiger partial charge in [0.05, 0.1) is 0 Å². The van der Waals surface area contributed by atoms with Gasteiger partial charge in [-0.3, -0.25) is 4.79 Å². The molecule has 2 heterocycles. The van der Waals surface area contributed by atoms with Gasteiger partial charge in [-0.05, 0) is 24.8 Å². The van der Waals surface area contributed by atoms with Crippen LogP contribution < -0.4 is 10.6 Å². The number of hydrogen-bond donors (Lipinski definition) is 2. The first-order valence-corrected chi connectivity index (χ1v) is 7.95. The molecular weight excluding hydrogens is 278 g/mol. The average Bonchev–Trinajstić information content (AvgIpc) is 3.02. The van der Waals surface area contributed by atoms with Gasteiger partial charge in [-0.15, -0.1) is 22.7 Å². The molecule has 6 heteroatoms. The number of amides is 1. The van der Waals surface area contributed by atoms with Crippen LogP contribution in [-0.4, -0.2) is 23.5 Å². The Morgan fingerprint density at radius 3 is 3.00 bits per heavy atom. The Balaban J connectivity index is 1.61. The van der Waals surface area contributed by atoms with Gasteiger partial charge in [0.25, 0.3) is 0 Å². The van der Waals surface area contributed by atoms with Crippen LogP contribution in [0.4, 0.5) is 5.13 Å². The minimum atomic E-state index is 0.00535. The number of nitrogens with one attached hydrogen (secondary N) is 2. The molecule has 2 rings (SSSR count). The number of hydrogen-bond acceptors (Lipinski definition) is 5. The van der Waals surface area contributed by atoms with E-state index in [2.05, 4.69) is 40.1 Å². The normalized spacial score (nSPS) is 12.3. The molecule has 0 aliphatic carbocycles. The van der Waals surface area contributed by atoms with Crippen molar-refractivity contribution in [2.75, 3.05) is 11.9 Å². The van der Waals surface area contributed by atoms with Crippen LogP contribution in [0.25, 0.3) is 0 Å². The summed E-state index contributed by atoms with van der Waals surface area (Å²) in [6.45, 7) is 2.82. The Hall–Kier alpha value is -1.24. The fourth-order valence-electron chi connectivity index (χ4n) is 1.70. The lowest BCUT2D eigenvalue weighted by atomic mass is 10.2. The van der Waals surface area contributed by atoms with E-state index in [0.29, 0.717) is 24.1 Å². The fourth-order valence-corrected chi connectivity index (χ4v) is 3.08. The zero-order chi connectivity index (χ0) is 13.5. The van der Waals surface area contributed by atoms with Crippen LogP contribution in [0.2, 0.25) is 0 Å². The molecule has 0 saturated heterocycles. The lowest BCUT2D eigenvalue weighted by Crippen LogP contribution is -2.30. The molecule has 0 spiro atoms. The fraction of sp³-hybridized carbons (Fsp3) is 0.385. The molecule has 2 aromatic heterocycles. The van der Waals surface area contributed by atoms with Crippen molar-refractivity contribution in [2.24, 2.45) is 0 Å². The maximum atomic E-state index is 11.6. The van der Waals surface area contributed by atoms with Crippen LogP contribution >= 0.6 is 22.7 Å². The topological polar surface area (TPSA) is 54.0 Å². The van der Waals surface area contributed by atoms with Gasteiger partial charge in [-0.25, -0.2) is 4.98 Å². The maximum absolute atomic E-state index is 11.6. The van der Waals surface area contributed by atoms with E-state index in [9.17, 15) is 4.79 Å². The highest BCUT2D eigenvalue weighted by Crippen LogP contribution is 2.11. The molecule has 102 valence electrons. The molecule has 0 aliphatic rings. The van der Waals surface area contributed by atoms with Crippen LogP contribution in [-0.2, 0) is 11.2 Å². The summed E-state index contributed by atoms with van der Waals surface area (Å²) < 4.78 is 0. The summed E-state index contributed by atoms with van der Waals surface area (Å²) in [5.74, 6) is 0.00535. The molecule has 0 unspecified atom stereocenters. The van der Waals surface area contributed by atoms with E-state index in [0.717, 1.165) is 6.42 Å². The minimum absolute atomic E-state index is 0.00535. The minimum Gasteiger partial charge on any atom is -0.313 e. The molecule has 19 heavy (non-hydrogen) atoms. The van der Waals surface area contributed by atoms with E-state index in [1.165, 1.54) is 16.2 Å². The second kappa shape index (κ2) is 7.37. The highest BCUT2D eigenvalue weighted by Gasteiger charge is 2.06. The van der Waals surface area contributed by atoms with Crippen molar-refractivity contribution >= 4 is 33.7 Å². The monoisotopic (exact) mass is 295 g/mol. The van der Waals surface area contributed by atoms with Crippen molar-refractivity contribution in [3.05, 3.63) is 34.0 Å². The number of rotatable bonds is 7. The predicted octanol–water partition coefficient (Wildman–Crippen LogP) is 2.75. The van der Waals surface area contributed by atoms with E-state index in [1.807, 2.05) is 5.38 Å². The van der Waals surface area contributed by atoms with Gasteiger partial charge < -0.3 is 10.6 Å². The molecule has 0 radical (unpaired) electrons. The van der Waals surface area contributed by atoms with Crippen molar-refractivity contribution < 1.29 is 4.79 Å². The van der Waals surface area contributed by atoms with E-state index in [4.69, 9.17) is 0 Å². The first-order chi connectivity index (χ1) is 9.24. The number of thiophene rings is 1. The Morgan fingerprint density at radius 1 is 1.42 bits per heavy atom. The molecule has 0 saturated carbocycles. The van der Waals surface area contributed by atoms with Gasteiger partial charge in [-0.2, -0.15) is 0 Å². The van der Waals surface area contributed by atoms with Crippen molar-refractivity contribution in [1.82, 2.24) is 10.3 Å². The molecule has 0 aromatic carbocycles. The largest absolute Gasteiger partial charge is 0.313 e. The van der Waals surface area contributed by atoms with Gasteiger partial charge >= 0.3 is 0 Å². The molecule has 0 fully saturated rings. The number of thiazole rings is 1. The molecule has 1 atom stereocenters. The molecule has 4 nitrogen and oxygen atoms in total. The van der Waals surface area contributed by atoms with Crippen LogP contribution in [0.5, 0.6) is 0 Å². The van der Waals surface area contributed by atoms with Crippen molar-refractivity contribution in [3.63, 3.8) is 0 Å². The zero-order valence-corrected chi connectivity index (χ0v) is 12.4. The second-order valence-electron chi connectivity index (χ2n) is 4.27. The molecule has 2 aromatic rings. The quantitative estimate of drug-likeness (QED) is 0.826. The molecule has 0 bridgehead atoms. The average molecular weight is 295 g/mol. The lowest BCUT2D eigenvalue weighted by molar-refractivity contribution is -0.116. The second-order valence-corrected chi connectivity index (χ2v) is 6.20. The number of anilines is 1. The van der Waals surface area contributed by atoms with Gasteiger partial charge in [0.1, 0.15) is 0 Å². The first kappa shape index (κ1) is 14.2. The van der Waals surface area contributed by atoms with Gasteiger partial charge in [0.15, 0.2) is 5.13 Å². The van der Waals surface area contributed by atoms with Crippen molar-refractivity contribution in [1.29, 1.82) is 0 Å². The van der Waals surface area contributed by atoms with E-state index in [1.54, 1.807) is 17.5 Å². The highest BCUT2D eigenvalue weighted by atomic mass is 32.1. The predicted molar refractivity (Wildman–Crippen MR) is 80.8 cm³/mol. The zero-order valence-electron chi connectivity index (χ0n) is 10.8. The number of carbonyl (C=O) groups is 1. The standard InChI is InChI=1S/C13H17N3OS2/c1-10(9-11-3-2-7-18-11)14-5-4-12(17)16-13-15-6-8-19-13/h2-3,6-8,10,14H,4-5,9H2,1H3,(H,15,16,17)/t10-/m0/s1. The third-order valence-electron chi connectivity index (χ3n) is 2.61. The summed E-state index contributed by atoms with van der Waals surface area (Å²) in [4.78, 5) is 17.0. The van der Waals surface area contributed by atoms with Crippen molar-refractivity contribution in [2.45, 2.75) is 25.8 Å². The third kappa shape index (κ3) is 5.10. The summed E-state index contributed by atoms with van der Waals surface area (Å²) in [7, 11) is 0. The third-order valence-corrected chi connectivity index (χ3v) is 4.20. The summed E-state index contributed by atoms with van der Waals surface area (Å²) >= 11 is 3.20. The summed E-state index contributed by atoms with van der Waals surface area (Å²) in [5.41, 5.74) is 0. The van der Waals surface area contributed by atoms with E-state index in [-0.39, 0.29) is 5.91 Å². The Bertz CT molecular complexity index is 482. The van der Waals surface area contributed by atoms with E-state index >= 15 is 0 Å². The van der Waals surface area contributed by atoms with Crippen LogP contribution in [0.3, 0.4) is 0 Å². The Kier molecular flexibility index (Phi) is 5.50. The smallest absolute Gasteiger partial charge is 0.227 e. The number of nitrogens with zero attached hydrogens (tertiary/aromatic N) is 1. The summed E-state index contributed by atoms with van der Waals surface area (Å²) in [6, 6.07) is 4.58. The molecule has 1 amide bonds. The van der Waals surface area contributed by atoms with Gasteiger partial charge in [-0.1, -0.05) is 6.07 Å². The SMILES string of the molecule is C[C@@H](Cc1cccs1)NCCC(=O)Nc1nccs1. The van der Waals surface area contributed by atoms with Crippen LogP contribution in [0.15, 0.2) is 29.1 Å². The van der Waals surface area contributed by atoms with Gasteiger partial charge in [0.2, 0.25) is 5.91 Å². The number of carbonyl (C=O) groups excluding carboxylic acids is 1. The Labute approximate surface area is 120 Å². The van der Waals surface area contributed by atoms with E-state index < -0.39 is 0 Å². The van der Waals surface area contributed by atoms with Crippen molar-refractivity contribution in [3.8, 4) is 0 Å². The van der Waals surface area contributed by atoms with Crippen LogP contribution in [0.1, 0.15) is 18.2 Å². The number of aromatic nitrogens is 1. The summed E-state index contributed by atoms with van der Waals surface area (Å²) in [5, 5.41) is 10.7. The first-order valence-electron chi connectivity index (χ1n) is 6.19. The molecule has 0 aliphatic heterocycles. The molecule has 2 N–H and O–H groups in total. The van der Waals surface area contributed by atoms with Crippen LogP contribution in [0, 0.1) is 0 Å². The Morgan fingerprint density at radius 2 is 2.32 bits per heavy atom. The lowest BCUT2D eigenvalue weighted by Gasteiger charge is -2.12. The highest BCUT2D eigenvalue weighted by molar-refractivity contribution is 7.13. The maximum Gasteiger partial charge on any atom is 0.227 e. The van der Waals surface area contributed by atoms with Gasteiger partial charge in [0, 0.05) is 35.5 Å². The summed E-state index contributed by atoms with van der Waals surface area (Å²) in [6.07, 6.45) is 3.15.